The van der Waals surface area contributed by atoms with Gasteiger partial charge in [0.25, 0.3) is 0 Å². The van der Waals surface area contributed by atoms with Crippen LogP contribution in [0.1, 0.15) is 5.56 Å². The number of alkyl halides is 3. The molecule has 2 atom stereocenters. The maximum Gasteiger partial charge on any atom is 0.417 e. The number of aryl methyl sites for hydroxylation is 1. The normalized spacial score (nSPS) is 15.6. The van der Waals surface area contributed by atoms with Gasteiger partial charge in [-0.3, -0.25) is 0 Å². The van der Waals surface area contributed by atoms with Gasteiger partial charge in [0.05, 0.1) is 0 Å². The second-order valence-electron chi connectivity index (χ2n) is 3.52. The van der Waals surface area contributed by atoms with Gasteiger partial charge in [-0.1, -0.05) is 29.5 Å². The lowest BCUT2D eigenvalue weighted by Gasteiger charge is -2.23. The minimum Gasteiger partial charge on any atom is -0.381 e. The van der Waals surface area contributed by atoms with Gasteiger partial charge in [0.15, 0.2) is 6.10 Å². The summed E-state index contributed by atoms with van der Waals surface area (Å²) in [4.78, 5) is 0.616. The Kier molecular flexibility index (Phi) is 4.85. The van der Waals surface area contributed by atoms with Crippen molar-refractivity contribution in [1.82, 2.24) is 0 Å². The third-order valence-corrected chi connectivity index (χ3v) is 3.33. The fourth-order valence-corrected chi connectivity index (χ4v) is 2.09. The minimum absolute atomic E-state index is 0.616. The summed E-state index contributed by atoms with van der Waals surface area (Å²) in [5.74, 6) is 0. The standard InChI is InChI=1S/C11H13F3O2S/c1-7-3-5-8(6-4-7)17-10(16-2)9(15)11(12,13)14/h3-6,9-10,15H,1-2H3. The summed E-state index contributed by atoms with van der Waals surface area (Å²) in [6.45, 7) is 1.88. The van der Waals surface area contributed by atoms with Crippen molar-refractivity contribution in [2.24, 2.45) is 0 Å². The summed E-state index contributed by atoms with van der Waals surface area (Å²) in [5.41, 5.74) is -0.350. The Hall–Kier alpha value is -0.720. The Morgan fingerprint density at radius 3 is 2.18 bits per heavy atom. The summed E-state index contributed by atoms with van der Waals surface area (Å²) in [5, 5.41) is 9.09. The molecule has 0 saturated carbocycles. The molecule has 1 N–H and O–H groups in total. The average molecular weight is 266 g/mol. The van der Waals surface area contributed by atoms with E-state index in [1.165, 1.54) is 0 Å². The lowest BCUT2D eigenvalue weighted by Crippen LogP contribution is -2.38. The van der Waals surface area contributed by atoms with Crippen LogP contribution < -0.4 is 0 Å². The number of hydrogen-bond donors (Lipinski definition) is 1. The topological polar surface area (TPSA) is 29.5 Å². The Morgan fingerprint density at radius 1 is 1.24 bits per heavy atom. The molecule has 0 radical (unpaired) electrons. The van der Waals surface area contributed by atoms with Crippen molar-refractivity contribution < 1.29 is 23.0 Å². The molecule has 0 aromatic heterocycles. The van der Waals surface area contributed by atoms with Crippen molar-refractivity contribution in [3.63, 3.8) is 0 Å². The maximum absolute atomic E-state index is 12.3. The molecule has 0 saturated heterocycles. The van der Waals surface area contributed by atoms with Crippen LogP contribution in [-0.4, -0.2) is 29.9 Å². The van der Waals surface area contributed by atoms with Crippen LogP contribution in [0.15, 0.2) is 29.2 Å². The average Bonchev–Trinajstić information content (AvgIpc) is 2.26. The fraction of sp³-hybridized carbons (Fsp3) is 0.455. The molecule has 2 unspecified atom stereocenters. The zero-order valence-electron chi connectivity index (χ0n) is 9.36. The predicted octanol–water partition coefficient (Wildman–Crippen LogP) is 2.98. The largest absolute Gasteiger partial charge is 0.417 e. The van der Waals surface area contributed by atoms with E-state index in [1.54, 1.807) is 24.3 Å². The van der Waals surface area contributed by atoms with E-state index in [0.717, 1.165) is 24.4 Å². The van der Waals surface area contributed by atoms with Crippen LogP contribution in [0, 0.1) is 6.92 Å². The number of methoxy groups -OCH3 is 1. The van der Waals surface area contributed by atoms with Crippen LogP contribution in [0.3, 0.4) is 0 Å². The van der Waals surface area contributed by atoms with Gasteiger partial charge in [0, 0.05) is 12.0 Å². The number of ether oxygens (including phenoxy) is 1. The van der Waals surface area contributed by atoms with E-state index in [4.69, 9.17) is 5.11 Å². The van der Waals surface area contributed by atoms with E-state index in [2.05, 4.69) is 4.74 Å². The smallest absolute Gasteiger partial charge is 0.381 e. The molecule has 1 aromatic carbocycles. The lowest BCUT2D eigenvalue weighted by atomic mass is 10.2. The zero-order valence-corrected chi connectivity index (χ0v) is 10.2. The number of benzene rings is 1. The Morgan fingerprint density at radius 2 is 1.76 bits per heavy atom. The van der Waals surface area contributed by atoms with Gasteiger partial charge in [-0.05, 0) is 19.1 Å². The predicted molar refractivity (Wildman–Crippen MR) is 59.9 cm³/mol. The first-order valence-corrected chi connectivity index (χ1v) is 5.73. The van der Waals surface area contributed by atoms with Crippen molar-refractivity contribution in [2.45, 2.75) is 29.5 Å². The van der Waals surface area contributed by atoms with Crippen LogP contribution in [0.2, 0.25) is 0 Å². The molecule has 1 rings (SSSR count). The molecule has 0 aliphatic carbocycles. The quantitative estimate of drug-likeness (QED) is 0.671. The first kappa shape index (κ1) is 14.3. The summed E-state index contributed by atoms with van der Waals surface area (Å²) < 4.78 is 41.6. The number of aliphatic hydroxyl groups is 1. The molecular weight excluding hydrogens is 253 g/mol. The highest BCUT2D eigenvalue weighted by Gasteiger charge is 2.44. The van der Waals surface area contributed by atoms with E-state index in [1.807, 2.05) is 6.92 Å². The van der Waals surface area contributed by atoms with E-state index in [0.29, 0.717) is 4.90 Å². The molecule has 0 spiro atoms. The minimum atomic E-state index is -4.68. The molecule has 6 heteroatoms. The van der Waals surface area contributed by atoms with Gasteiger partial charge in [0.2, 0.25) is 0 Å². The number of aliphatic hydroxyl groups excluding tert-OH is 1. The second kappa shape index (κ2) is 5.75. The SMILES string of the molecule is COC(Sc1ccc(C)cc1)C(O)C(F)(F)F. The highest BCUT2D eigenvalue weighted by molar-refractivity contribution is 7.99. The van der Waals surface area contributed by atoms with E-state index in [-0.39, 0.29) is 0 Å². The van der Waals surface area contributed by atoms with E-state index < -0.39 is 17.7 Å². The Balaban J connectivity index is 2.73. The molecule has 0 bridgehead atoms. The van der Waals surface area contributed by atoms with E-state index >= 15 is 0 Å². The maximum atomic E-state index is 12.3. The zero-order chi connectivity index (χ0) is 13.1. The molecule has 0 fully saturated rings. The number of hydrogen-bond acceptors (Lipinski definition) is 3. The highest BCUT2D eigenvalue weighted by Crippen LogP contribution is 2.33. The van der Waals surface area contributed by atoms with Gasteiger partial charge in [-0.2, -0.15) is 13.2 Å². The number of thioether (sulfide) groups is 1. The summed E-state index contributed by atoms with van der Waals surface area (Å²) >= 11 is 0.840. The van der Waals surface area contributed by atoms with Crippen molar-refractivity contribution in [3.8, 4) is 0 Å². The highest BCUT2D eigenvalue weighted by atomic mass is 32.2. The third-order valence-electron chi connectivity index (χ3n) is 2.10. The monoisotopic (exact) mass is 266 g/mol. The van der Waals surface area contributed by atoms with Crippen molar-refractivity contribution in [1.29, 1.82) is 0 Å². The Labute approximate surface area is 102 Å². The van der Waals surface area contributed by atoms with Gasteiger partial charge in [0.1, 0.15) is 5.44 Å². The third kappa shape index (κ3) is 4.22. The van der Waals surface area contributed by atoms with Crippen LogP contribution in [0.5, 0.6) is 0 Å². The molecule has 0 aliphatic rings. The van der Waals surface area contributed by atoms with Crippen molar-refractivity contribution in [3.05, 3.63) is 29.8 Å². The lowest BCUT2D eigenvalue weighted by molar-refractivity contribution is -0.220. The molecule has 2 nitrogen and oxygen atoms in total. The fourth-order valence-electron chi connectivity index (χ4n) is 1.15. The summed E-state index contributed by atoms with van der Waals surface area (Å²) in [6, 6.07) is 6.95. The first-order valence-electron chi connectivity index (χ1n) is 4.85. The molecule has 17 heavy (non-hydrogen) atoms. The molecule has 0 heterocycles. The van der Waals surface area contributed by atoms with Gasteiger partial charge < -0.3 is 9.84 Å². The van der Waals surface area contributed by atoms with Gasteiger partial charge in [-0.15, -0.1) is 0 Å². The molecular formula is C11H13F3O2S. The van der Waals surface area contributed by atoms with Crippen LogP contribution >= 0.6 is 11.8 Å². The molecule has 0 amide bonds. The molecule has 1 aromatic rings. The van der Waals surface area contributed by atoms with Crippen LogP contribution in [0.25, 0.3) is 0 Å². The van der Waals surface area contributed by atoms with E-state index in [9.17, 15) is 13.2 Å². The van der Waals surface area contributed by atoms with Gasteiger partial charge in [-0.25, -0.2) is 0 Å². The molecule has 0 aliphatic heterocycles. The number of halogens is 3. The second-order valence-corrected chi connectivity index (χ2v) is 4.69. The number of rotatable bonds is 4. The van der Waals surface area contributed by atoms with Crippen molar-refractivity contribution in [2.75, 3.05) is 7.11 Å². The molecule has 96 valence electrons. The van der Waals surface area contributed by atoms with Crippen LogP contribution in [-0.2, 0) is 4.74 Å². The Bertz CT molecular complexity index is 351. The summed E-state index contributed by atoms with van der Waals surface area (Å²) in [7, 11) is 1.14. The van der Waals surface area contributed by atoms with Crippen LogP contribution in [0.4, 0.5) is 13.2 Å². The summed E-state index contributed by atoms with van der Waals surface area (Å²) in [6.07, 6.45) is -7.18. The first-order chi connectivity index (χ1) is 7.84. The van der Waals surface area contributed by atoms with Crippen molar-refractivity contribution >= 4 is 11.8 Å². The van der Waals surface area contributed by atoms with Gasteiger partial charge >= 0.3 is 6.18 Å².